The highest BCUT2D eigenvalue weighted by Gasteiger charge is 2.15. The fourth-order valence-corrected chi connectivity index (χ4v) is 2.26. The van der Waals surface area contributed by atoms with Crippen LogP contribution < -0.4 is 11.1 Å². The maximum atomic E-state index is 12.1. The molecule has 0 aliphatic rings. The number of nitrogens with zero attached hydrogens (tertiary/aromatic N) is 2. The summed E-state index contributed by atoms with van der Waals surface area (Å²) in [5.41, 5.74) is 7.03. The van der Waals surface area contributed by atoms with Gasteiger partial charge in [-0.2, -0.15) is 5.10 Å². The zero-order valence-electron chi connectivity index (χ0n) is 10.2. The van der Waals surface area contributed by atoms with Crippen LogP contribution in [0.1, 0.15) is 17.4 Å². The Bertz CT molecular complexity index is 624. The van der Waals surface area contributed by atoms with Crippen LogP contribution in [0.3, 0.4) is 0 Å². The number of anilines is 2. The third kappa shape index (κ3) is 3.16. The number of nitrogen functional groups attached to an aromatic ring is 1. The van der Waals surface area contributed by atoms with Crippen molar-refractivity contribution in [3.05, 3.63) is 39.0 Å². The van der Waals surface area contributed by atoms with Crippen LogP contribution in [0.5, 0.6) is 0 Å². The summed E-state index contributed by atoms with van der Waals surface area (Å²) in [6, 6.07) is 5.52. The van der Waals surface area contributed by atoms with Crippen LogP contribution in [0, 0.1) is 0 Å². The Labute approximate surface area is 127 Å². The first kappa shape index (κ1) is 14.1. The number of rotatable bonds is 3. The first-order valence-corrected chi connectivity index (χ1v) is 7.19. The smallest absolute Gasteiger partial charge is 0.278 e. The molecule has 0 atom stereocenters. The van der Waals surface area contributed by atoms with Crippen molar-refractivity contribution in [1.29, 1.82) is 0 Å². The molecule has 1 amide bonds. The molecule has 0 fully saturated rings. The molecular formula is C12H12Br2N4O. The SMILES string of the molecule is CCn1cc(N)c(C(=O)Nc2cc(Br)ccc2Br)n1. The van der Waals surface area contributed by atoms with E-state index in [1.54, 1.807) is 16.9 Å². The zero-order chi connectivity index (χ0) is 14.0. The number of aromatic nitrogens is 2. The number of hydrogen-bond acceptors (Lipinski definition) is 3. The first-order valence-electron chi connectivity index (χ1n) is 5.60. The molecule has 0 aliphatic carbocycles. The standard InChI is InChI=1S/C12H12Br2N4O/c1-2-18-6-9(15)11(17-18)12(19)16-10-5-7(13)3-4-8(10)14/h3-6H,2,15H2,1H3,(H,16,19). The van der Waals surface area contributed by atoms with Gasteiger partial charge in [-0.3, -0.25) is 9.48 Å². The number of nitrogens with one attached hydrogen (secondary N) is 1. The lowest BCUT2D eigenvalue weighted by Crippen LogP contribution is -2.15. The van der Waals surface area contributed by atoms with Crippen molar-refractivity contribution in [2.24, 2.45) is 0 Å². The Morgan fingerprint density at radius 2 is 2.21 bits per heavy atom. The number of carbonyl (C=O) groups is 1. The van der Waals surface area contributed by atoms with Gasteiger partial charge in [0, 0.05) is 21.7 Å². The maximum absolute atomic E-state index is 12.1. The van der Waals surface area contributed by atoms with E-state index in [2.05, 4.69) is 42.3 Å². The molecule has 2 aromatic rings. The highest BCUT2D eigenvalue weighted by Crippen LogP contribution is 2.26. The largest absolute Gasteiger partial charge is 0.396 e. The monoisotopic (exact) mass is 386 g/mol. The number of carbonyl (C=O) groups excluding carboxylic acids is 1. The number of benzene rings is 1. The Morgan fingerprint density at radius 1 is 1.47 bits per heavy atom. The van der Waals surface area contributed by atoms with Gasteiger partial charge in [0.2, 0.25) is 0 Å². The van der Waals surface area contributed by atoms with E-state index in [4.69, 9.17) is 5.73 Å². The minimum Gasteiger partial charge on any atom is -0.396 e. The van der Waals surface area contributed by atoms with Gasteiger partial charge in [0.05, 0.1) is 11.4 Å². The van der Waals surface area contributed by atoms with Crippen molar-refractivity contribution in [1.82, 2.24) is 9.78 Å². The molecule has 7 heteroatoms. The van der Waals surface area contributed by atoms with E-state index in [1.165, 1.54) is 0 Å². The molecule has 0 saturated carbocycles. The summed E-state index contributed by atoms with van der Waals surface area (Å²) in [4.78, 5) is 12.1. The molecular weight excluding hydrogens is 376 g/mol. The number of halogens is 2. The fraction of sp³-hybridized carbons (Fsp3) is 0.167. The molecule has 0 aliphatic heterocycles. The summed E-state index contributed by atoms with van der Waals surface area (Å²) in [6.07, 6.45) is 1.64. The molecule has 0 saturated heterocycles. The first-order chi connectivity index (χ1) is 9.01. The second kappa shape index (κ2) is 5.75. The summed E-state index contributed by atoms with van der Waals surface area (Å²) >= 11 is 6.73. The topological polar surface area (TPSA) is 72.9 Å². The number of aryl methyl sites for hydroxylation is 1. The van der Waals surface area contributed by atoms with Crippen molar-refractivity contribution in [2.75, 3.05) is 11.1 Å². The molecule has 0 radical (unpaired) electrons. The van der Waals surface area contributed by atoms with Crippen LogP contribution in [0.25, 0.3) is 0 Å². The van der Waals surface area contributed by atoms with Crippen LogP contribution >= 0.6 is 31.9 Å². The third-order valence-corrected chi connectivity index (χ3v) is 3.69. The van der Waals surface area contributed by atoms with Gasteiger partial charge in [-0.25, -0.2) is 0 Å². The quantitative estimate of drug-likeness (QED) is 0.848. The molecule has 19 heavy (non-hydrogen) atoms. The Balaban J connectivity index is 2.25. The molecule has 0 unspecified atom stereocenters. The van der Waals surface area contributed by atoms with E-state index in [9.17, 15) is 4.79 Å². The van der Waals surface area contributed by atoms with Gasteiger partial charge in [-0.15, -0.1) is 0 Å². The second-order valence-corrected chi connectivity index (χ2v) is 5.64. The van der Waals surface area contributed by atoms with Gasteiger partial charge in [-0.1, -0.05) is 15.9 Å². The van der Waals surface area contributed by atoms with E-state index in [0.29, 0.717) is 17.9 Å². The predicted octanol–water partition coefficient (Wildman–Crippen LogP) is 3.26. The van der Waals surface area contributed by atoms with Crippen LogP contribution in [0.2, 0.25) is 0 Å². The van der Waals surface area contributed by atoms with Crippen molar-refractivity contribution in [3.8, 4) is 0 Å². The lowest BCUT2D eigenvalue weighted by atomic mass is 10.3. The normalized spacial score (nSPS) is 10.5. The average molecular weight is 388 g/mol. The van der Waals surface area contributed by atoms with E-state index in [1.807, 2.05) is 19.1 Å². The molecule has 1 heterocycles. The third-order valence-electron chi connectivity index (χ3n) is 2.51. The lowest BCUT2D eigenvalue weighted by Gasteiger charge is -2.06. The molecule has 3 N–H and O–H groups in total. The summed E-state index contributed by atoms with van der Waals surface area (Å²) in [5, 5.41) is 6.90. The molecule has 0 spiro atoms. The zero-order valence-corrected chi connectivity index (χ0v) is 13.3. The predicted molar refractivity (Wildman–Crippen MR) is 82.1 cm³/mol. The van der Waals surface area contributed by atoms with E-state index in [-0.39, 0.29) is 11.6 Å². The van der Waals surface area contributed by atoms with Crippen molar-refractivity contribution in [2.45, 2.75) is 13.5 Å². The van der Waals surface area contributed by atoms with E-state index < -0.39 is 0 Å². The van der Waals surface area contributed by atoms with Gasteiger partial charge >= 0.3 is 0 Å². The van der Waals surface area contributed by atoms with Crippen LogP contribution in [-0.4, -0.2) is 15.7 Å². The number of amides is 1. The lowest BCUT2D eigenvalue weighted by molar-refractivity contribution is 0.102. The van der Waals surface area contributed by atoms with Gasteiger partial charge < -0.3 is 11.1 Å². The van der Waals surface area contributed by atoms with E-state index >= 15 is 0 Å². The van der Waals surface area contributed by atoms with Crippen LogP contribution in [0.15, 0.2) is 33.3 Å². The summed E-state index contributed by atoms with van der Waals surface area (Å²) in [6.45, 7) is 2.59. The molecule has 5 nitrogen and oxygen atoms in total. The molecule has 0 bridgehead atoms. The summed E-state index contributed by atoms with van der Waals surface area (Å²) in [5.74, 6) is -0.330. The van der Waals surface area contributed by atoms with Gasteiger partial charge in [-0.05, 0) is 41.1 Å². The second-order valence-electron chi connectivity index (χ2n) is 3.87. The number of nitrogens with two attached hydrogens (primary N) is 1. The molecule has 2 rings (SSSR count). The van der Waals surface area contributed by atoms with Gasteiger partial charge in [0.1, 0.15) is 0 Å². The van der Waals surface area contributed by atoms with Gasteiger partial charge in [0.25, 0.3) is 5.91 Å². The molecule has 1 aromatic carbocycles. The molecule has 1 aromatic heterocycles. The Hall–Kier alpha value is -1.34. The highest BCUT2D eigenvalue weighted by molar-refractivity contribution is 9.11. The fourth-order valence-electron chi connectivity index (χ4n) is 1.55. The maximum Gasteiger partial charge on any atom is 0.278 e. The number of hydrogen-bond donors (Lipinski definition) is 2. The van der Waals surface area contributed by atoms with E-state index in [0.717, 1.165) is 8.95 Å². The van der Waals surface area contributed by atoms with Crippen LogP contribution in [-0.2, 0) is 6.54 Å². The summed E-state index contributed by atoms with van der Waals surface area (Å²) in [7, 11) is 0. The van der Waals surface area contributed by atoms with Crippen LogP contribution in [0.4, 0.5) is 11.4 Å². The summed E-state index contributed by atoms with van der Waals surface area (Å²) < 4.78 is 3.29. The van der Waals surface area contributed by atoms with Crippen molar-refractivity contribution < 1.29 is 4.79 Å². The average Bonchev–Trinajstić information content (AvgIpc) is 2.75. The Morgan fingerprint density at radius 3 is 2.84 bits per heavy atom. The van der Waals surface area contributed by atoms with Gasteiger partial charge in [0.15, 0.2) is 5.69 Å². The minimum atomic E-state index is -0.330. The van der Waals surface area contributed by atoms with Crippen molar-refractivity contribution in [3.63, 3.8) is 0 Å². The molecule has 100 valence electrons. The minimum absolute atomic E-state index is 0.230. The highest BCUT2D eigenvalue weighted by atomic mass is 79.9. The van der Waals surface area contributed by atoms with Crippen molar-refractivity contribution >= 4 is 49.1 Å². The Kier molecular flexibility index (Phi) is 4.26.